The molecule has 0 amide bonds. The van der Waals surface area contributed by atoms with Gasteiger partial charge in [-0.2, -0.15) is 0 Å². The van der Waals surface area contributed by atoms with E-state index in [-0.39, 0.29) is 0 Å². The van der Waals surface area contributed by atoms with Crippen LogP contribution in [0.5, 0.6) is 11.5 Å². The van der Waals surface area contributed by atoms with Gasteiger partial charge in [-0.1, -0.05) is 18.2 Å². The zero-order valence-corrected chi connectivity index (χ0v) is 17.9. The van der Waals surface area contributed by atoms with Crippen LogP contribution in [0.3, 0.4) is 0 Å². The molecular formula is C23H24N4O2S. The Kier molecular flexibility index (Phi) is 6.29. The number of methoxy groups -OCH3 is 2. The number of aryl methyl sites for hydroxylation is 1. The summed E-state index contributed by atoms with van der Waals surface area (Å²) in [5, 5.41) is 2.15. The van der Waals surface area contributed by atoms with E-state index in [4.69, 9.17) is 14.5 Å². The fourth-order valence-electron chi connectivity index (χ4n) is 3.33. The average Bonchev–Trinajstić information content (AvgIpc) is 3.44. The van der Waals surface area contributed by atoms with Crippen LogP contribution in [0.1, 0.15) is 6.42 Å². The Bertz CT molecular complexity index is 1160. The van der Waals surface area contributed by atoms with Gasteiger partial charge in [0, 0.05) is 42.5 Å². The molecule has 154 valence electrons. The normalized spacial score (nSPS) is 11.6. The van der Waals surface area contributed by atoms with Gasteiger partial charge >= 0.3 is 0 Å². The van der Waals surface area contributed by atoms with E-state index in [0.29, 0.717) is 0 Å². The molecule has 30 heavy (non-hydrogen) atoms. The molecule has 0 atom stereocenters. The second kappa shape index (κ2) is 9.45. The second-order valence-corrected chi connectivity index (χ2v) is 7.56. The van der Waals surface area contributed by atoms with Gasteiger partial charge in [0.2, 0.25) is 0 Å². The van der Waals surface area contributed by atoms with Crippen LogP contribution in [0.15, 0.2) is 77.6 Å². The molecule has 0 aliphatic rings. The first-order chi connectivity index (χ1) is 14.8. The van der Waals surface area contributed by atoms with Crippen molar-refractivity contribution in [3.8, 4) is 22.8 Å². The van der Waals surface area contributed by atoms with Gasteiger partial charge in [0.25, 0.3) is 0 Å². The van der Waals surface area contributed by atoms with Gasteiger partial charge in [0.05, 0.1) is 31.9 Å². The predicted octanol–water partition coefficient (Wildman–Crippen LogP) is 4.75. The molecule has 6 nitrogen and oxygen atoms in total. The van der Waals surface area contributed by atoms with Crippen molar-refractivity contribution in [3.05, 3.63) is 77.4 Å². The van der Waals surface area contributed by atoms with Crippen molar-refractivity contribution in [3.63, 3.8) is 0 Å². The number of aromatic nitrogens is 3. The Morgan fingerprint density at radius 3 is 2.73 bits per heavy atom. The summed E-state index contributed by atoms with van der Waals surface area (Å²) in [6.45, 7) is 1.73. The zero-order chi connectivity index (χ0) is 20.8. The highest BCUT2D eigenvalue weighted by molar-refractivity contribution is 7.07. The summed E-state index contributed by atoms with van der Waals surface area (Å²) in [6.07, 6.45) is 6.60. The topological polar surface area (TPSA) is 53.6 Å². The minimum atomic E-state index is 0.796. The van der Waals surface area contributed by atoms with Gasteiger partial charge in [0.1, 0.15) is 11.5 Å². The van der Waals surface area contributed by atoms with Crippen LogP contribution >= 0.6 is 11.3 Å². The summed E-state index contributed by atoms with van der Waals surface area (Å²) >= 11 is 1.63. The monoisotopic (exact) mass is 420 g/mol. The largest absolute Gasteiger partial charge is 0.497 e. The lowest BCUT2D eigenvalue weighted by atomic mass is 10.1. The Hall–Kier alpha value is -3.32. The number of hydrogen-bond acceptors (Lipinski definition) is 5. The van der Waals surface area contributed by atoms with Crippen molar-refractivity contribution in [2.24, 2.45) is 4.99 Å². The maximum atomic E-state index is 5.61. The van der Waals surface area contributed by atoms with E-state index >= 15 is 0 Å². The molecule has 2 aromatic carbocycles. The number of ether oxygens (including phenoxy) is 2. The Labute approximate surface area is 179 Å². The van der Waals surface area contributed by atoms with Crippen molar-refractivity contribution in [1.29, 1.82) is 0 Å². The van der Waals surface area contributed by atoms with Crippen molar-refractivity contribution < 1.29 is 9.47 Å². The molecule has 2 heterocycles. The maximum Gasteiger partial charge on any atom is 0.190 e. The minimum Gasteiger partial charge on any atom is -0.497 e. The molecule has 4 aromatic rings. The number of benzene rings is 2. The van der Waals surface area contributed by atoms with E-state index in [9.17, 15) is 0 Å². The molecule has 0 saturated carbocycles. The van der Waals surface area contributed by atoms with Gasteiger partial charge in [-0.15, -0.1) is 11.3 Å². The highest BCUT2D eigenvalue weighted by Crippen LogP contribution is 2.30. The lowest BCUT2D eigenvalue weighted by molar-refractivity contribution is 0.415. The van der Waals surface area contributed by atoms with Crippen LogP contribution in [-0.2, 0) is 13.1 Å². The standard InChI is InChI=1S/C23H24N4O2S/c1-28-19-8-5-7-18(15-19)25-23-27(13-6-12-26-14-11-24-17-26)21(16-30-23)20-9-3-4-10-22(20)29-2/h3-5,7-11,14-17H,6,12-13H2,1-2H3. The lowest BCUT2D eigenvalue weighted by Crippen LogP contribution is -2.17. The second-order valence-electron chi connectivity index (χ2n) is 6.72. The first-order valence-corrected chi connectivity index (χ1v) is 10.6. The first-order valence-electron chi connectivity index (χ1n) is 9.74. The number of hydrogen-bond donors (Lipinski definition) is 0. The highest BCUT2D eigenvalue weighted by atomic mass is 32.1. The quantitative estimate of drug-likeness (QED) is 0.413. The highest BCUT2D eigenvalue weighted by Gasteiger charge is 2.12. The van der Waals surface area contributed by atoms with Gasteiger partial charge in [-0.25, -0.2) is 9.98 Å². The molecule has 2 aromatic heterocycles. The van der Waals surface area contributed by atoms with Crippen molar-refractivity contribution >= 4 is 17.0 Å². The van der Waals surface area contributed by atoms with Crippen LogP contribution in [0.25, 0.3) is 11.3 Å². The van der Waals surface area contributed by atoms with Crippen LogP contribution in [0.4, 0.5) is 5.69 Å². The van der Waals surface area contributed by atoms with Gasteiger partial charge < -0.3 is 18.6 Å². The number of nitrogens with zero attached hydrogens (tertiary/aromatic N) is 4. The van der Waals surface area contributed by atoms with E-state index < -0.39 is 0 Å². The summed E-state index contributed by atoms with van der Waals surface area (Å²) in [5.41, 5.74) is 3.03. The predicted molar refractivity (Wildman–Crippen MR) is 119 cm³/mol. The molecule has 0 aliphatic carbocycles. The molecule has 0 radical (unpaired) electrons. The molecule has 0 spiro atoms. The van der Waals surface area contributed by atoms with Gasteiger partial charge in [-0.05, 0) is 30.7 Å². The van der Waals surface area contributed by atoms with Crippen molar-refractivity contribution in [1.82, 2.24) is 14.1 Å². The Morgan fingerprint density at radius 2 is 1.93 bits per heavy atom. The Balaban J connectivity index is 1.73. The number of thiazole rings is 1. The smallest absolute Gasteiger partial charge is 0.190 e. The third kappa shape index (κ3) is 4.46. The molecular weight excluding hydrogens is 396 g/mol. The molecule has 0 bridgehead atoms. The number of imidazole rings is 1. The molecule has 0 N–H and O–H groups in total. The number of rotatable bonds is 8. The third-order valence-corrected chi connectivity index (χ3v) is 5.68. The van der Waals surface area contributed by atoms with Crippen molar-refractivity contribution in [2.45, 2.75) is 19.5 Å². The molecule has 0 fully saturated rings. The summed E-state index contributed by atoms with van der Waals surface area (Å²) in [7, 11) is 3.37. The minimum absolute atomic E-state index is 0.796. The van der Waals surface area contributed by atoms with Crippen molar-refractivity contribution in [2.75, 3.05) is 14.2 Å². The fraction of sp³-hybridized carbons (Fsp3) is 0.217. The van der Waals surface area contributed by atoms with Crippen LogP contribution in [-0.4, -0.2) is 28.3 Å². The molecule has 0 unspecified atom stereocenters. The van der Waals surface area contributed by atoms with Crippen LogP contribution < -0.4 is 14.3 Å². The van der Waals surface area contributed by atoms with E-state index in [1.807, 2.05) is 61.2 Å². The summed E-state index contributed by atoms with van der Waals surface area (Å²) in [4.78, 5) is 9.97. The van der Waals surface area contributed by atoms with E-state index in [0.717, 1.165) is 52.8 Å². The van der Waals surface area contributed by atoms with E-state index in [1.54, 1.807) is 25.6 Å². The number of para-hydroxylation sites is 1. The average molecular weight is 421 g/mol. The van der Waals surface area contributed by atoms with E-state index in [2.05, 4.69) is 25.6 Å². The summed E-state index contributed by atoms with van der Waals surface area (Å²) in [6, 6.07) is 15.9. The Morgan fingerprint density at radius 1 is 1.03 bits per heavy atom. The summed E-state index contributed by atoms with van der Waals surface area (Å²) < 4.78 is 15.3. The van der Waals surface area contributed by atoms with Gasteiger partial charge in [0.15, 0.2) is 4.80 Å². The SMILES string of the molecule is COc1cccc(N=c2scc(-c3ccccc3OC)n2CCCn2ccnc2)c1. The third-order valence-electron chi connectivity index (χ3n) is 4.82. The summed E-state index contributed by atoms with van der Waals surface area (Å²) in [5.74, 6) is 1.65. The molecule has 0 saturated heterocycles. The maximum absolute atomic E-state index is 5.61. The zero-order valence-electron chi connectivity index (χ0n) is 17.1. The lowest BCUT2D eigenvalue weighted by Gasteiger charge is -2.12. The molecule has 0 aliphatic heterocycles. The van der Waals surface area contributed by atoms with E-state index in [1.165, 1.54) is 0 Å². The molecule has 7 heteroatoms. The fourth-order valence-corrected chi connectivity index (χ4v) is 4.27. The van der Waals surface area contributed by atoms with Crippen LogP contribution in [0, 0.1) is 0 Å². The van der Waals surface area contributed by atoms with Gasteiger partial charge in [-0.3, -0.25) is 0 Å². The van der Waals surface area contributed by atoms with Crippen LogP contribution in [0.2, 0.25) is 0 Å². The molecule has 4 rings (SSSR count). The first kappa shape index (κ1) is 20.0.